The van der Waals surface area contributed by atoms with Crippen molar-refractivity contribution in [2.24, 2.45) is 0 Å². The van der Waals surface area contributed by atoms with E-state index in [-0.39, 0.29) is 0 Å². The number of hydrogen-bond acceptors (Lipinski definition) is 4. The molecule has 1 aromatic carbocycles. The van der Waals surface area contributed by atoms with Crippen molar-refractivity contribution in [1.29, 1.82) is 5.26 Å². The molecule has 5 nitrogen and oxygen atoms in total. The summed E-state index contributed by atoms with van der Waals surface area (Å²) in [6.07, 6.45) is 4.54. The Kier molecular flexibility index (Phi) is 4.30. The molecular formula is C16H18ClN5. The Morgan fingerprint density at radius 2 is 2.14 bits per heavy atom. The van der Waals surface area contributed by atoms with E-state index in [1.165, 1.54) is 11.2 Å². The van der Waals surface area contributed by atoms with Gasteiger partial charge in [0.1, 0.15) is 11.8 Å². The molecule has 2 heterocycles. The Morgan fingerprint density at radius 3 is 2.86 bits per heavy atom. The highest BCUT2D eigenvalue weighted by Gasteiger charge is 2.27. The van der Waals surface area contributed by atoms with Crippen LogP contribution >= 0.6 is 11.6 Å². The summed E-state index contributed by atoms with van der Waals surface area (Å²) in [7, 11) is 0. The minimum absolute atomic E-state index is 0.361. The third kappa shape index (κ3) is 2.67. The summed E-state index contributed by atoms with van der Waals surface area (Å²) in [5.74, 6) is 0.675. The highest BCUT2D eigenvalue weighted by Crippen LogP contribution is 2.28. The smallest absolute Gasteiger partial charge is 0.207 e. The lowest BCUT2D eigenvalue weighted by Gasteiger charge is -2.35. The van der Waals surface area contributed by atoms with Crippen LogP contribution in [0.2, 0.25) is 5.02 Å². The first-order valence-electron chi connectivity index (χ1n) is 7.63. The Balaban J connectivity index is 2.02. The molecule has 1 aliphatic heterocycles. The largest absolute Gasteiger partial charge is 0.350 e. The van der Waals surface area contributed by atoms with Gasteiger partial charge in [0.05, 0.1) is 5.02 Å². The summed E-state index contributed by atoms with van der Waals surface area (Å²) < 4.78 is 0. The predicted molar refractivity (Wildman–Crippen MR) is 86.4 cm³/mol. The molecule has 0 bridgehead atoms. The number of hydrogen-bond donors (Lipinski definition) is 0. The SMILES string of the molecule is CCC1CCCCN1c1nn(-c2ccccc2Cl)nc1C#N. The molecule has 0 saturated carbocycles. The molecule has 22 heavy (non-hydrogen) atoms. The van der Waals surface area contributed by atoms with E-state index in [0.717, 1.165) is 25.8 Å². The minimum atomic E-state index is 0.361. The standard InChI is InChI=1S/C16H18ClN5/c1-2-12-7-5-6-10-21(12)16-14(11-18)19-22(20-16)15-9-4-3-8-13(15)17/h3-4,8-9,12H,2,5-7,10H2,1H3. The lowest BCUT2D eigenvalue weighted by molar-refractivity contribution is 0.446. The molecule has 0 amide bonds. The van der Waals surface area contributed by atoms with E-state index in [9.17, 15) is 5.26 Å². The normalized spacial score (nSPS) is 18.2. The second kappa shape index (κ2) is 6.37. The molecule has 0 radical (unpaired) electrons. The molecular weight excluding hydrogens is 298 g/mol. The molecule has 1 atom stereocenters. The van der Waals surface area contributed by atoms with Gasteiger partial charge in [-0.3, -0.25) is 0 Å². The highest BCUT2D eigenvalue weighted by atomic mass is 35.5. The second-order valence-electron chi connectivity index (χ2n) is 5.48. The summed E-state index contributed by atoms with van der Waals surface area (Å²) in [6, 6.07) is 9.98. The van der Waals surface area contributed by atoms with Crippen molar-refractivity contribution in [2.75, 3.05) is 11.4 Å². The van der Waals surface area contributed by atoms with Gasteiger partial charge in [-0.05, 0) is 37.8 Å². The first-order chi connectivity index (χ1) is 10.7. The maximum atomic E-state index is 9.41. The van der Waals surface area contributed by atoms with Gasteiger partial charge >= 0.3 is 0 Å². The molecule has 2 aromatic rings. The predicted octanol–water partition coefficient (Wildman–Crippen LogP) is 3.56. The lowest BCUT2D eigenvalue weighted by Crippen LogP contribution is -2.39. The van der Waals surface area contributed by atoms with E-state index < -0.39 is 0 Å². The minimum Gasteiger partial charge on any atom is -0.350 e. The van der Waals surface area contributed by atoms with Crippen LogP contribution in [0.1, 0.15) is 38.3 Å². The number of para-hydroxylation sites is 1. The molecule has 1 fully saturated rings. The zero-order valence-electron chi connectivity index (χ0n) is 12.5. The van der Waals surface area contributed by atoms with Crippen LogP contribution in [0.15, 0.2) is 24.3 Å². The van der Waals surface area contributed by atoms with Crippen LogP contribution in [0.3, 0.4) is 0 Å². The fourth-order valence-corrected chi connectivity index (χ4v) is 3.20. The van der Waals surface area contributed by atoms with Gasteiger partial charge in [-0.25, -0.2) is 0 Å². The summed E-state index contributed by atoms with van der Waals surface area (Å²) in [5.41, 5.74) is 1.05. The number of nitriles is 1. The van der Waals surface area contributed by atoms with Gasteiger partial charge in [0.2, 0.25) is 5.69 Å². The number of halogens is 1. The van der Waals surface area contributed by atoms with E-state index >= 15 is 0 Å². The molecule has 0 N–H and O–H groups in total. The maximum absolute atomic E-state index is 9.41. The van der Waals surface area contributed by atoms with Gasteiger partial charge in [0.15, 0.2) is 5.82 Å². The number of aromatic nitrogens is 3. The van der Waals surface area contributed by atoms with Crippen LogP contribution in [0, 0.1) is 11.3 Å². The first kappa shape index (κ1) is 14.9. The number of benzene rings is 1. The third-order valence-corrected chi connectivity index (χ3v) is 4.46. The molecule has 1 saturated heterocycles. The maximum Gasteiger partial charge on any atom is 0.207 e. The monoisotopic (exact) mass is 315 g/mol. The van der Waals surface area contributed by atoms with Crippen LogP contribution in [0.4, 0.5) is 5.82 Å². The Morgan fingerprint density at radius 1 is 1.32 bits per heavy atom. The van der Waals surface area contributed by atoms with Crippen LogP contribution in [-0.2, 0) is 0 Å². The van der Waals surface area contributed by atoms with Crippen molar-refractivity contribution in [3.8, 4) is 11.8 Å². The van der Waals surface area contributed by atoms with Gasteiger partial charge < -0.3 is 4.90 Å². The fraction of sp³-hybridized carbons (Fsp3) is 0.438. The molecule has 6 heteroatoms. The molecule has 3 rings (SSSR count). The van der Waals surface area contributed by atoms with Crippen molar-refractivity contribution in [2.45, 2.75) is 38.6 Å². The Bertz CT molecular complexity index is 703. The van der Waals surface area contributed by atoms with Crippen molar-refractivity contribution in [3.63, 3.8) is 0 Å². The lowest BCUT2D eigenvalue weighted by atomic mass is 10.00. The molecule has 0 spiro atoms. The van der Waals surface area contributed by atoms with E-state index in [0.29, 0.717) is 28.3 Å². The zero-order valence-corrected chi connectivity index (χ0v) is 13.3. The van der Waals surface area contributed by atoms with E-state index in [4.69, 9.17) is 11.6 Å². The van der Waals surface area contributed by atoms with Gasteiger partial charge in [-0.1, -0.05) is 30.7 Å². The molecule has 1 aromatic heterocycles. The Labute approximate surface area is 135 Å². The number of anilines is 1. The molecule has 1 unspecified atom stereocenters. The first-order valence-corrected chi connectivity index (χ1v) is 8.01. The zero-order chi connectivity index (χ0) is 15.5. The van der Waals surface area contributed by atoms with Gasteiger partial charge in [-0.2, -0.15) is 5.26 Å². The average Bonchev–Trinajstić information content (AvgIpc) is 2.99. The highest BCUT2D eigenvalue weighted by molar-refractivity contribution is 6.32. The summed E-state index contributed by atoms with van der Waals surface area (Å²) in [5, 5.41) is 18.9. The van der Waals surface area contributed by atoms with Crippen molar-refractivity contribution >= 4 is 17.4 Å². The second-order valence-corrected chi connectivity index (χ2v) is 5.88. The molecule has 114 valence electrons. The van der Waals surface area contributed by atoms with Crippen molar-refractivity contribution < 1.29 is 0 Å². The van der Waals surface area contributed by atoms with Crippen LogP contribution in [0.25, 0.3) is 5.69 Å². The summed E-state index contributed by atoms with van der Waals surface area (Å²) in [6.45, 7) is 3.10. The van der Waals surface area contributed by atoms with Crippen LogP contribution < -0.4 is 4.90 Å². The number of nitrogens with zero attached hydrogens (tertiary/aromatic N) is 5. The average molecular weight is 316 g/mol. The van der Waals surface area contributed by atoms with Gasteiger partial charge in [-0.15, -0.1) is 15.0 Å². The fourth-order valence-electron chi connectivity index (χ4n) is 2.99. The Hall–Kier alpha value is -2.06. The third-order valence-electron chi connectivity index (χ3n) is 4.14. The topological polar surface area (TPSA) is 57.7 Å². The number of rotatable bonds is 3. The summed E-state index contributed by atoms with van der Waals surface area (Å²) in [4.78, 5) is 3.69. The van der Waals surface area contributed by atoms with E-state index in [2.05, 4.69) is 28.1 Å². The van der Waals surface area contributed by atoms with E-state index in [1.807, 2.05) is 18.2 Å². The molecule has 1 aliphatic rings. The van der Waals surface area contributed by atoms with Crippen LogP contribution in [-0.4, -0.2) is 27.6 Å². The van der Waals surface area contributed by atoms with Crippen LogP contribution in [0.5, 0.6) is 0 Å². The van der Waals surface area contributed by atoms with Crippen molar-refractivity contribution in [1.82, 2.24) is 15.0 Å². The van der Waals surface area contributed by atoms with Gasteiger partial charge in [0, 0.05) is 12.6 Å². The molecule has 0 aliphatic carbocycles. The quantitative estimate of drug-likeness (QED) is 0.869. The van der Waals surface area contributed by atoms with Gasteiger partial charge in [0.25, 0.3) is 0 Å². The number of piperidine rings is 1. The summed E-state index contributed by atoms with van der Waals surface area (Å²) >= 11 is 6.21. The van der Waals surface area contributed by atoms with Crippen molar-refractivity contribution in [3.05, 3.63) is 35.0 Å². The van der Waals surface area contributed by atoms with E-state index in [1.54, 1.807) is 6.07 Å².